The molecule has 0 heterocycles. The smallest absolute Gasteiger partial charge is 0.334 e. The van der Waals surface area contributed by atoms with E-state index < -0.39 is 5.41 Å². The fourth-order valence-corrected chi connectivity index (χ4v) is 1.11. The zero-order valence-electron chi connectivity index (χ0n) is 7.33. The maximum atomic E-state index is 11.2. The van der Waals surface area contributed by atoms with Gasteiger partial charge in [0.2, 0.25) is 0 Å². The molecule has 0 radical (unpaired) electrons. The lowest BCUT2D eigenvalue weighted by molar-refractivity contribution is -0.152. The van der Waals surface area contributed by atoms with E-state index in [2.05, 4.69) is 4.84 Å². The molecule has 3 nitrogen and oxygen atoms in total. The van der Waals surface area contributed by atoms with Gasteiger partial charge in [0, 0.05) is 0 Å². The van der Waals surface area contributed by atoms with Crippen LogP contribution < -0.4 is 5.90 Å². The molecule has 0 amide bonds. The Hall–Kier alpha value is -1.09. The van der Waals surface area contributed by atoms with Gasteiger partial charge >= 0.3 is 5.97 Å². The first kappa shape index (κ1) is 9.00. The zero-order chi connectivity index (χ0) is 9.19. The van der Waals surface area contributed by atoms with Gasteiger partial charge in [-0.2, -0.15) is 5.90 Å². The standard InChI is InChI=1S/C9H13NO2/c1-7-3-5-9(2,6-4-7)8(11)12-10/h3-5H,6,10H2,1-2H3. The number of hydrogen-bond acceptors (Lipinski definition) is 3. The topological polar surface area (TPSA) is 52.3 Å². The van der Waals surface area contributed by atoms with Gasteiger partial charge in [-0.15, -0.1) is 0 Å². The van der Waals surface area contributed by atoms with Gasteiger partial charge in [0.05, 0.1) is 5.41 Å². The second-order valence-electron chi connectivity index (χ2n) is 3.31. The van der Waals surface area contributed by atoms with Crippen LogP contribution in [0.25, 0.3) is 0 Å². The Balaban J connectivity index is 2.78. The Morgan fingerprint density at radius 1 is 1.75 bits per heavy atom. The summed E-state index contributed by atoms with van der Waals surface area (Å²) >= 11 is 0. The molecule has 1 aliphatic carbocycles. The first-order chi connectivity index (χ1) is 5.58. The van der Waals surface area contributed by atoms with Crippen LogP contribution in [0.3, 0.4) is 0 Å². The normalized spacial score (nSPS) is 28.1. The lowest BCUT2D eigenvalue weighted by atomic mass is 9.82. The van der Waals surface area contributed by atoms with Crippen molar-refractivity contribution in [2.24, 2.45) is 11.3 Å². The maximum Gasteiger partial charge on any atom is 0.334 e. The molecule has 0 aliphatic heterocycles. The number of carbonyl (C=O) groups excluding carboxylic acids is 1. The molecule has 0 bridgehead atoms. The molecule has 2 N–H and O–H groups in total. The monoisotopic (exact) mass is 167 g/mol. The summed E-state index contributed by atoms with van der Waals surface area (Å²) in [5.74, 6) is 4.43. The van der Waals surface area contributed by atoms with Crippen molar-refractivity contribution < 1.29 is 9.63 Å². The summed E-state index contributed by atoms with van der Waals surface area (Å²) in [4.78, 5) is 15.4. The second-order valence-corrected chi connectivity index (χ2v) is 3.31. The highest BCUT2D eigenvalue weighted by atomic mass is 16.7. The minimum atomic E-state index is -0.575. The number of allylic oxidation sites excluding steroid dienone is 3. The van der Waals surface area contributed by atoms with Crippen molar-refractivity contribution >= 4 is 5.97 Å². The van der Waals surface area contributed by atoms with Gasteiger partial charge in [-0.25, -0.2) is 4.79 Å². The molecular weight excluding hydrogens is 154 g/mol. The largest absolute Gasteiger partial charge is 0.373 e. The van der Waals surface area contributed by atoms with Crippen molar-refractivity contribution in [3.8, 4) is 0 Å². The summed E-state index contributed by atoms with van der Waals surface area (Å²) in [7, 11) is 0. The predicted molar refractivity (Wildman–Crippen MR) is 45.9 cm³/mol. The van der Waals surface area contributed by atoms with Crippen LogP contribution in [0.2, 0.25) is 0 Å². The summed E-state index contributed by atoms with van der Waals surface area (Å²) in [6.45, 7) is 3.80. The van der Waals surface area contributed by atoms with Gasteiger partial charge in [-0.1, -0.05) is 23.8 Å². The Bertz CT molecular complexity index is 255. The van der Waals surface area contributed by atoms with Gasteiger partial charge in [-0.05, 0) is 20.3 Å². The van der Waals surface area contributed by atoms with Crippen LogP contribution in [0.1, 0.15) is 20.3 Å². The molecule has 0 saturated heterocycles. The van der Waals surface area contributed by atoms with Crippen molar-refractivity contribution in [1.82, 2.24) is 0 Å². The van der Waals surface area contributed by atoms with E-state index in [-0.39, 0.29) is 5.97 Å². The quantitative estimate of drug-likeness (QED) is 0.599. The third kappa shape index (κ3) is 1.56. The highest BCUT2D eigenvalue weighted by Crippen LogP contribution is 2.29. The number of carbonyl (C=O) groups is 1. The Kier molecular flexibility index (Phi) is 2.33. The molecule has 3 heteroatoms. The van der Waals surface area contributed by atoms with Crippen LogP contribution in [-0.2, 0) is 9.63 Å². The van der Waals surface area contributed by atoms with E-state index in [0.717, 1.165) is 5.57 Å². The van der Waals surface area contributed by atoms with Gasteiger partial charge in [0.15, 0.2) is 0 Å². The summed E-state index contributed by atoms with van der Waals surface area (Å²) in [6, 6.07) is 0. The van der Waals surface area contributed by atoms with Crippen molar-refractivity contribution in [2.75, 3.05) is 0 Å². The van der Waals surface area contributed by atoms with Crippen LogP contribution in [0.5, 0.6) is 0 Å². The Labute approximate surface area is 71.8 Å². The van der Waals surface area contributed by atoms with Gasteiger partial charge in [-0.3, -0.25) is 0 Å². The van der Waals surface area contributed by atoms with E-state index in [1.165, 1.54) is 0 Å². The molecule has 1 aliphatic rings. The highest BCUT2D eigenvalue weighted by Gasteiger charge is 2.32. The summed E-state index contributed by atoms with van der Waals surface area (Å²) < 4.78 is 0. The molecule has 0 aromatic rings. The molecule has 1 atom stereocenters. The molecule has 0 saturated carbocycles. The zero-order valence-corrected chi connectivity index (χ0v) is 7.33. The van der Waals surface area contributed by atoms with E-state index in [0.29, 0.717) is 6.42 Å². The van der Waals surface area contributed by atoms with Crippen molar-refractivity contribution in [1.29, 1.82) is 0 Å². The molecule has 0 aromatic carbocycles. The first-order valence-corrected chi connectivity index (χ1v) is 3.86. The predicted octanol–water partition coefficient (Wildman–Crippen LogP) is 1.32. The third-order valence-electron chi connectivity index (χ3n) is 2.14. The third-order valence-corrected chi connectivity index (χ3v) is 2.14. The van der Waals surface area contributed by atoms with Crippen LogP contribution in [-0.4, -0.2) is 5.97 Å². The van der Waals surface area contributed by atoms with Gasteiger partial charge in [0.25, 0.3) is 0 Å². The average molecular weight is 167 g/mol. The molecular formula is C9H13NO2. The summed E-state index contributed by atoms with van der Waals surface area (Å²) in [5, 5.41) is 0. The van der Waals surface area contributed by atoms with E-state index >= 15 is 0 Å². The minimum absolute atomic E-state index is 0.387. The fourth-order valence-electron chi connectivity index (χ4n) is 1.11. The lowest BCUT2D eigenvalue weighted by Crippen LogP contribution is -2.30. The fraction of sp³-hybridized carbons (Fsp3) is 0.444. The Morgan fingerprint density at radius 3 is 2.83 bits per heavy atom. The molecule has 12 heavy (non-hydrogen) atoms. The number of hydrogen-bond donors (Lipinski definition) is 1. The molecule has 0 aromatic heterocycles. The number of rotatable bonds is 1. The average Bonchev–Trinajstić information content (AvgIpc) is 2.09. The van der Waals surface area contributed by atoms with Gasteiger partial charge in [0.1, 0.15) is 0 Å². The Morgan fingerprint density at radius 2 is 2.42 bits per heavy atom. The number of nitrogens with two attached hydrogens (primary N) is 1. The first-order valence-electron chi connectivity index (χ1n) is 3.86. The van der Waals surface area contributed by atoms with Crippen molar-refractivity contribution in [3.05, 3.63) is 23.8 Å². The van der Waals surface area contributed by atoms with E-state index in [1.54, 1.807) is 0 Å². The molecule has 1 rings (SSSR count). The lowest BCUT2D eigenvalue weighted by Gasteiger charge is -2.23. The van der Waals surface area contributed by atoms with Crippen molar-refractivity contribution in [3.63, 3.8) is 0 Å². The minimum Gasteiger partial charge on any atom is -0.373 e. The van der Waals surface area contributed by atoms with Crippen LogP contribution >= 0.6 is 0 Å². The van der Waals surface area contributed by atoms with Gasteiger partial charge < -0.3 is 4.84 Å². The molecule has 1 unspecified atom stereocenters. The van der Waals surface area contributed by atoms with E-state index in [9.17, 15) is 4.79 Å². The van der Waals surface area contributed by atoms with E-state index in [4.69, 9.17) is 5.90 Å². The van der Waals surface area contributed by atoms with Crippen molar-refractivity contribution in [2.45, 2.75) is 20.3 Å². The molecule has 0 fully saturated rings. The van der Waals surface area contributed by atoms with Crippen LogP contribution in [0.4, 0.5) is 0 Å². The van der Waals surface area contributed by atoms with Crippen LogP contribution in [0, 0.1) is 5.41 Å². The van der Waals surface area contributed by atoms with Crippen LogP contribution in [0.15, 0.2) is 23.8 Å². The summed E-state index contributed by atoms with van der Waals surface area (Å²) in [5.41, 5.74) is 0.589. The van der Waals surface area contributed by atoms with E-state index in [1.807, 2.05) is 32.1 Å². The highest BCUT2D eigenvalue weighted by molar-refractivity contribution is 5.79. The SMILES string of the molecule is CC1=CCC(C)(C(=O)ON)C=C1. The molecule has 0 spiro atoms. The second kappa shape index (κ2) is 3.11. The summed E-state index contributed by atoms with van der Waals surface area (Å²) in [6.07, 6.45) is 6.39. The maximum absolute atomic E-state index is 11.2. The molecule has 66 valence electrons.